The highest BCUT2D eigenvalue weighted by molar-refractivity contribution is 5.70. The molecule has 3 heterocycles. The Balaban J connectivity index is 2.33. The first-order valence-electron chi connectivity index (χ1n) is 20.9. The Morgan fingerprint density at radius 2 is 0.725 bits per heavy atom. The SMILES string of the molecule is CC(=O)OC[C@H](OC(C)=O)[C@H]1O[C@H](O)[C@@H](OC(C)=O)[C@@H](O[C@H]2O[C@H](COC(C)=O)[C@@H](O[C@@H]3O[C@H](COC(C)=O)[C@H](OC(C)=O)[C@H](OC(C)=O)[C@H]3OC(C)=O)[C@H](OC(C)=O)[C@H]2OC(C)=O)[C@@H]1OC(C)=O. The van der Waals surface area contributed by atoms with E-state index in [2.05, 4.69) is 0 Å². The van der Waals surface area contributed by atoms with Crippen LogP contribution in [-0.2, 0) is 129 Å². The zero-order valence-electron chi connectivity index (χ0n) is 39.3. The van der Waals surface area contributed by atoms with Crippen LogP contribution >= 0.6 is 0 Å². The lowest BCUT2D eigenvalue weighted by molar-refractivity contribution is -0.380. The number of carbonyl (C=O) groups is 11. The molecule has 0 spiro atoms. The molecule has 3 aliphatic heterocycles. The maximum Gasteiger partial charge on any atom is 0.303 e. The summed E-state index contributed by atoms with van der Waals surface area (Å²) < 4.78 is 90.0. The van der Waals surface area contributed by atoms with Gasteiger partial charge in [0.15, 0.2) is 67.7 Å². The number of ether oxygens (including phenoxy) is 16. The van der Waals surface area contributed by atoms with Gasteiger partial charge in [-0.1, -0.05) is 0 Å². The van der Waals surface area contributed by atoms with Gasteiger partial charge in [0.05, 0.1) is 0 Å². The highest BCUT2D eigenvalue weighted by atomic mass is 16.8. The Morgan fingerprint density at radius 1 is 0.377 bits per heavy atom. The number of hydrogen-bond donors (Lipinski definition) is 1. The maximum atomic E-state index is 13.0. The minimum Gasteiger partial charge on any atom is -0.463 e. The van der Waals surface area contributed by atoms with Crippen molar-refractivity contribution in [3.63, 3.8) is 0 Å². The molecule has 3 saturated heterocycles. The summed E-state index contributed by atoms with van der Waals surface area (Å²) in [5.74, 6) is -11.0. The summed E-state index contributed by atoms with van der Waals surface area (Å²) >= 11 is 0. The summed E-state index contributed by atoms with van der Waals surface area (Å²) in [6.07, 6.45) is -30.6. The average Bonchev–Trinajstić information content (AvgIpc) is 3.20. The molecule has 0 bridgehead atoms. The lowest BCUT2D eigenvalue weighted by Crippen LogP contribution is -2.69. The fourth-order valence-electron chi connectivity index (χ4n) is 7.29. The molecule has 69 heavy (non-hydrogen) atoms. The zero-order valence-corrected chi connectivity index (χ0v) is 39.3. The largest absolute Gasteiger partial charge is 0.463 e. The molecule has 1 N–H and O–H groups in total. The van der Waals surface area contributed by atoms with Crippen molar-refractivity contribution >= 4 is 65.7 Å². The van der Waals surface area contributed by atoms with Crippen LogP contribution in [0.3, 0.4) is 0 Å². The number of carbonyl (C=O) groups excluding carboxylic acids is 11. The number of hydrogen-bond acceptors (Lipinski definition) is 28. The fraction of sp³-hybridized carbons (Fsp3) is 0.732. The summed E-state index contributed by atoms with van der Waals surface area (Å²) in [6, 6.07) is 0. The summed E-state index contributed by atoms with van der Waals surface area (Å²) in [4.78, 5) is 137. The molecule has 3 fully saturated rings. The van der Waals surface area contributed by atoms with E-state index in [0.29, 0.717) is 0 Å². The number of esters is 11. The standard InChI is InChI=1S/C41H56O28/c1-15(42)54-12-26(57-18(4)45)30-32(59-20(6)47)35(36(39(53)67-30)62-23(9)50)69-41-38(64-25(11)52)34(61-22(8)49)31(28(66-41)14-56-17(3)44)68-40-37(63-24(10)51)33(60-21(7)48)29(58-19(5)46)27(65-40)13-55-16(2)43/h26-41,53H,12-14H2,1-11H3/t26-,27+,28+,29-,30+,31+,32+,33-,34-,35-,36-,37+,38+,39-,40-,41+/m0/s1. The van der Waals surface area contributed by atoms with Crippen molar-refractivity contribution < 1.29 is 134 Å². The van der Waals surface area contributed by atoms with Gasteiger partial charge in [0, 0.05) is 76.2 Å². The lowest BCUT2D eigenvalue weighted by Gasteiger charge is -2.50. The van der Waals surface area contributed by atoms with Gasteiger partial charge in [0.2, 0.25) is 0 Å². The maximum absolute atomic E-state index is 13.0. The summed E-state index contributed by atoms with van der Waals surface area (Å²) in [6.45, 7) is 8.22. The number of aliphatic hydroxyl groups is 1. The lowest BCUT2D eigenvalue weighted by atomic mass is 9.93. The van der Waals surface area contributed by atoms with Gasteiger partial charge in [0.25, 0.3) is 0 Å². The smallest absolute Gasteiger partial charge is 0.303 e. The third-order valence-electron chi connectivity index (χ3n) is 9.46. The van der Waals surface area contributed by atoms with Crippen LogP contribution in [-0.4, -0.2) is 189 Å². The van der Waals surface area contributed by atoms with Crippen LogP contribution in [0.4, 0.5) is 0 Å². The van der Waals surface area contributed by atoms with Gasteiger partial charge in [-0.3, -0.25) is 52.7 Å². The van der Waals surface area contributed by atoms with Gasteiger partial charge >= 0.3 is 65.7 Å². The molecule has 0 amide bonds. The molecule has 0 radical (unpaired) electrons. The van der Waals surface area contributed by atoms with Gasteiger partial charge in [-0.25, -0.2) is 0 Å². The molecule has 0 aromatic carbocycles. The second-order valence-electron chi connectivity index (χ2n) is 15.4. The highest BCUT2D eigenvalue weighted by Crippen LogP contribution is 2.38. The predicted octanol–water partition coefficient (Wildman–Crippen LogP) is -1.93. The van der Waals surface area contributed by atoms with E-state index in [1.54, 1.807) is 0 Å². The van der Waals surface area contributed by atoms with Crippen molar-refractivity contribution in [2.24, 2.45) is 0 Å². The van der Waals surface area contributed by atoms with Crippen LogP contribution in [0, 0.1) is 0 Å². The number of aliphatic hydroxyl groups excluding tert-OH is 1. The van der Waals surface area contributed by atoms with Crippen LogP contribution in [0.5, 0.6) is 0 Å². The Morgan fingerprint density at radius 3 is 1.13 bits per heavy atom. The van der Waals surface area contributed by atoms with Crippen LogP contribution in [0.1, 0.15) is 76.2 Å². The molecule has 0 aromatic rings. The minimum absolute atomic E-state index is 0.709. The van der Waals surface area contributed by atoms with Crippen LogP contribution in [0.15, 0.2) is 0 Å². The van der Waals surface area contributed by atoms with Crippen molar-refractivity contribution in [3.8, 4) is 0 Å². The monoisotopic (exact) mass is 996 g/mol. The molecule has 0 aromatic heterocycles. The minimum atomic E-state index is -2.23. The van der Waals surface area contributed by atoms with Crippen LogP contribution < -0.4 is 0 Å². The first-order chi connectivity index (χ1) is 32.2. The van der Waals surface area contributed by atoms with E-state index >= 15 is 0 Å². The van der Waals surface area contributed by atoms with Gasteiger partial charge in [-0.05, 0) is 0 Å². The topological polar surface area (TPSA) is 356 Å². The van der Waals surface area contributed by atoms with E-state index in [9.17, 15) is 57.8 Å². The highest BCUT2D eigenvalue weighted by Gasteiger charge is 2.60. The van der Waals surface area contributed by atoms with Crippen molar-refractivity contribution in [2.75, 3.05) is 19.8 Å². The Hall–Kier alpha value is -6.07. The molecule has 28 nitrogen and oxygen atoms in total. The number of rotatable bonds is 19. The Bertz CT molecular complexity index is 1900. The quantitative estimate of drug-likeness (QED) is 0.109. The molecule has 28 heteroatoms. The van der Waals surface area contributed by atoms with E-state index in [-0.39, 0.29) is 0 Å². The predicted molar refractivity (Wildman–Crippen MR) is 212 cm³/mol. The van der Waals surface area contributed by atoms with E-state index < -0.39 is 184 Å². The first kappa shape index (κ1) is 57.2. The summed E-state index contributed by atoms with van der Waals surface area (Å²) in [5, 5.41) is 11.3. The van der Waals surface area contributed by atoms with E-state index in [0.717, 1.165) is 76.2 Å². The van der Waals surface area contributed by atoms with Crippen molar-refractivity contribution in [2.45, 2.75) is 174 Å². The molecular formula is C41H56O28. The van der Waals surface area contributed by atoms with Gasteiger partial charge < -0.3 is 80.9 Å². The third kappa shape index (κ3) is 17.4. The van der Waals surface area contributed by atoms with Crippen molar-refractivity contribution in [1.29, 1.82) is 0 Å². The molecule has 0 saturated carbocycles. The molecule has 3 aliphatic rings. The van der Waals surface area contributed by atoms with Gasteiger partial charge in [0.1, 0.15) is 50.3 Å². The van der Waals surface area contributed by atoms with E-state index in [1.165, 1.54) is 0 Å². The van der Waals surface area contributed by atoms with Crippen LogP contribution in [0.25, 0.3) is 0 Å². The average molecular weight is 997 g/mol. The molecule has 0 unspecified atom stereocenters. The molecular weight excluding hydrogens is 940 g/mol. The molecule has 16 atom stereocenters. The summed E-state index contributed by atoms with van der Waals surface area (Å²) in [5.41, 5.74) is 0. The third-order valence-corrected chi connectivity index (χ3v) is 9.46. The normalized spacial score (nSPS) is 31.2. The van der Waals surface area contributed by atoms with E-state index in [1.807, 2.05) is 0 Å². The fourth-order valence-corrected chi connectivity index (χ4v) is 7.29. The zero-order chi connectivity index (χ0) is 52.0. The van der Waals surface area contributed by atoms with Gasteiger partial charge in [-0.2, -0.15) is 0 Å². The van der Waals surface area contributed by atoms with Crippen molar-refractivity contribution in [3.05, 3.63) is 0 Å². The molecule has 0 aliphatic carbocycles. The van der Waals surface area contributed by atoms with Crippen LogP contribution in [0.2, 0.25) is 0 Å². The Kier molecular flexibility index (Phi) is 21.6. The van der Waals surface area contributed by atoms with E-state index in [4.69, 9.17) is 75.8 Å². The molecule has 3 rings (SSSR count). The van der Waals surface area contributed by atoms with Gasteiger partial charge in [-0.15, -0.1) is 0 Å². The summed E-state index contributed by atoms with van der Waals surface area (Å²) in [7, 11) is 0. The molecule has 388 valence electrons. The van der Waals surface area contributed by atoms with Crippen molar-refractivity contribution in [1.82, 2.24) is 0 Å². The Labute approximate surface area is 393 Å². The second-order valence-corrected chi connectivity index (χ2v) is 15.4. The first-order valence-corrected chi connectivity index (χ1v) is 20.9. The second kappa shape index (κ2) is 26.1.